The van der Waals surface area contributed by atoms with Crippen LogP contribution >= 0.6 is 0 Å². The Balaban J connectivity index is 1.84. The van der Waals surface area contributed by atoms with E-state index in [1.54, 1.807) is 18.2 Å². The number of rotatable bonds is 6. The number of ether oxygens (including phenoxy) is 1. The van der Waals surface area contributed by atoms with E-state index in [2.05, 4.69) is 18.4 Å². The Morgan fingerprint density at radius 2 is 1.78 bits per heavy atom. The first-order valence-electron chi connectivity index (χ1n) is 8.64. The Kier molecular flexibility index (Phi) is 5.44. The van der Waals surface area contributed by atoms with Crippen LogP contribution in [0.5, 0.6) is 0 Å². The molecule has 0 bridgehead atoms. The molecule has 1 N–H and O–H groups in total. The van der Waals surface area contributed by atoms with E-state index in [0.717, 1.165) is 5.69 Å². The molecule has 0 saturated carbocycles. The van der Waals surface area contributed by atoms with Crippen LogP contribution in [0.15, 0.2) is 79.1 Å². The van der Waals surface area contributed by atoms with Crippen molar-refractivity contribution in [1.82, 2.24) is 0 Å². The van der Waals surface area contributed by atoms with Crippen molar-refractivity contribution in [3.05, 3.63) is 84.6 Å². The third-order valence-corrected chi connectivity index (χ3v) is 4.39. The summed E-state index contributed by atoms with van der Waals surface area (Å²) >= 11 is 0. The first-order chi connectivity index (χ1) is 13.1. The number of aliphatic hydroxyl groups is 1. The Labute approximate surface area is 159 Å². The quantitative estimate of drug-likeness (QED) is 0.636. The summed E-state index contributed by atoms with van der Waals surface area (Å²) < 4.78 is 5.31. The number of methoxy groups -OCH3 is 1. The molecule has 0 heterocycles. The van der Waals surface area contributed by atoms with Crippen molar-refractivity contribution in [2.75, 3.05) is 25.1 Å². The summed E-state index contributed by atoms with van der Waals surface area (Å²) in [4.78, 5) is 14.6. The number of benzene rings is 2. The summed E-state index contributed by atoms with van der Waals surface area (Å²) in [7, 11) is 1.44. The van der Waals surface area contributed by atoms with Gasteiger partial charge in [0.2, 0.25) is 11.4 Å². The van der Waals surface area contributed by atoms with Gasteiger partial charge in [0, 0.05) is 12.2 Å². The van der Waals surface area contributed by atoms with Crippen molar-refractivity contribution < 1.29 is 14.6 Å². The van der Waals surface area contributed by atoms with Crippen molar-refractivity contribution in [2.24, 2.45) is 0 Å². The van der Waals surface area contributed by atoms with Gasteiger partial charge in [0.05, 0.1) is 19.2 Å². The van der Waals surface area contributed by atoms with Gasteiger partial charge in [-0.1, -0.05) is 60.5 Å². The summed E-state index contributed by atoms with van der Waals surface area (Å²) in [6.45, 7) is 4.73. The minimum atomic E-state index is -1.89. The zero-order valence-electron chi connectivity index (χ0n) is 15.2. The molecule has 2 aromatic rings. The average molecular weight is 359 g/mol. The van der Waals surface area contributed by atoms with Gasteiger partial charge in [0.1, 0.15) is 0 Å². The lowest BCUT2D eigenvalue weighted by molar-refractivity contribution is -0.129. The molecule has 1 atom stereocenters. The van der Waals surface area contributed by atoms with Crippen LogP contribution < -0.4 is 4.90 Å². The molecule has 136 valence electrons. The number of hydrogen-bond donors (Lipinski definition) is 1. The zero-order valence-corrected chi connectivity index (χ0v) is 15.2. The number of carbonyl (C=O) groups excluding carboxylic acids is 1. The van der Waals surface area contributed by atoms with Crippen molar-refractivity contribution >= 4 is 17.0 Å². The highest BCUT2D eigenvalue weighted by molar-refractivity contribution is 6.35. The second-order valence-corrected chi connectivity index (χ2v) is 6.12. The molecule has 1 aliphatic rings. The Morgan fingerprint density at radius 1 is 1.15 bits per heavy atom. The minimum Gasteiger partial charge on any atom is -0.496 e. The van der Waals surface area contributed by atoms with E-state index in [-0.39, 0.29) is 5.76 Å². The summed E-state index contributed by atoms with van der Waals surface area (Å²) in [6, 6.07) is 18.9. The summed E-state index contributed by atoms with van der Waals surface area (Å²) in [6.07, 6.45) is 1.78. The van der Waals surface area contributed by atoms with Gasteiger partial charge in [0.25, 0.3) is 0 Å². The molecule has 0 fully saturated rings. The topological polar surface area (TPSA) is 49.8 Å². The highest BCUT2D eigenvalue weighted by Gasteiger charge is 2.54. The lowest BCUT2D eigenvalue weighted by Gasteiger charge is -2.34. The van der Waals surface area contributed by atoms with Gasteiger partial charge in [-0.05, 0) is 23.6 Å². The number of carbonyl (C=O) groups is 1. The maximum absolute atomic E-state index is 12.6. The lowest BCUT2D eigenvalue weighted by Crippen LogP contribution is -2.50. The predicted octanol–water partition coefficient (Wildman–Crippen LogP) is 3.05. The molecule has 0 spiro atoms. The molecule has 4 nitrogen and oxygen atoms in total. The summed E-state index contributed by atoms with van der Waals surface area (Å²) in [5.41, 5.74) is 0.187. The third kappa shape index (κ3) is 3.51. The van der Waals surface area contributed by atoms with Crippen LogP contribution in [-0.2, 0) is 9.53 Å². The molecule has 4 heteroatoms. The largest absolute Gasteiger partial charge is 0.496 e. The Bertz CT molecular complexity index is 922. The maximum Gasteiger partial charge on any atom is 0.248 e. The van der Waals surface area contributed by atoms with Crippen molar-refractivity contribution in [3.8, 4) is 11.8 Å². The van der Waals surface area contributed by atoms with E-state index in [4.69, 9.17) is 4.74 Å². The first kappa shape index (κ1) is 18.5. The van der Waals surface area contributed by atoms with Crippen LogP contribution in [0.3, 0.4) is 0 Å². The second kappa shape index (κ2) is 7.94. The molecule has 0 saturated heterocycles. The summed E-state index contributed by atoms with van der Waals surface area (Å²) in [5, 5.41) is 10.7. The normalized spacial score (nSPS) is 18.2. The van der Waals surface area contributed by atoms with Gasteiger partial charge in [-0.25, -0.2) is 0 Å². The van der Waals surface area contributed by atoms with E-state index in [1.165, 1.54) is 7.11 Å². The highest BCUT2D eigenvalue weighted by Crippen LogP contribution is 2.41. The first-order valence-corrected chi connectivity index (χ1v) is 8.64. The fraction of sp³-hybridized carbons (Fsp3) is 0.174. The maximum atomic E-state index is 12.6. The van der Waals surface area contributed by atoms with Gasteiger partial charge >= 0.3 is 0 Å². The monoisotopic (exact) mass is 359 g/mol. The zero-order chi connectivity index (χ0) is 19.3. The fourth-order valence-electron chi connectivity index (χ4n) is 3.05. The molecule has 0 aromatic heterocycles. The molecule has 2 aromatic carbocycles. The number of nitrogens with zero attached hydrogens (tertiary/aromatic N) is 1. The van der Waals surface area contributed by atoms with Crippen LogP contribution in [0, 0.1) is 11.8 Å². The van der Waals surface area contributed by atoms with E-state index >= 15 is 0 Å². The Hall–Kier alpha value is -3.29. The smallest absolute Gasteiger partial charge is 0.248 e. The number of ketones is 1. The second-order valence-electron chi connectivity index (χ2n) is 6.12. The van der Waals surface area contributed by atoms with E-state index in [9.17, 15) is 9.90 Å². The van der Waals surface area contributed by atoms with Crippen LogP contribution in [0.2, 0.25) is 0 Å². The number of hydrogen-bond acceptors (Lipinski definition) is 4. The Morgan fingerprint density at radius 3 is 2.37 bits per heavy atom. The molecule has 0 amide bonds. The lowest BCUT2D eigenvalue weighted by atomic mass is 9.75. The molecular formula is C23H21NO3. The molecule has 0 radical (unpaired) electrons. The molecule has 27 heavy (non-hydrogen) atoms. The third-order valence-electron chi connectivity index (χ3n) is 4.39. The van der Waals surface area contributed by atoms with Crippen molar-refractivity contribution in [3.63, 3.8) is 0 Å². The molecule has 3 rings (SSSR count). The van der Waals surface area contributed by atoms with Gasteiger partial charge in [0.15, 0.2) is 5.76 Å². The van der Waals surface area contributed by atoms with Crippen LogP contribution in [0.4, 0.5) is 5.69 Å². The van der Waals surface area contributed by atoms with Crippen LogP contribution in [0.25, 0.3) is 5.57 Å². The SMILES string of the molecule is C=CCN(CC#CC1(O)C(=O)C(c2ccccc2)=C1OC)c1ccccc1. The highest BCUT2D eigenvalue weighted by atomic mass is 16.5. The average Bonchev–Trinajstić information content (AvgIpc) is 2.71. The minimum absolute atomic E-state index is 0.196. The molecule has 1 unspecified atom stereocenters. The number of para-hydroxylation sites is 1. The van der Waals surface area contributed by atoms with Gasteiger partial charge in [-0.3, -0.25) is 4.79 Å². The molecular weight excluding hydrogens is 338 g/mol. The molecule has 1 aliphatic carbocycles. The van der Waals surface area contributed by atoms with Gasteiger partial charge in [-0.2, -0.15) is 0 Å². The number of Topliss-reactive ketones (excluding diaryl/α,β-unsaturated/α-hetero) is 1. The van der Waals surface area contributed by atoms with Crippen molar-refractivity contribution in [1.29, 1.82) is 0 Å². The van der Waals surface area contributed by atoms with Crippen LogP contribution in [-0.4, -0.2) is 36.7 Å². The van der Waals surface area contributed by atoms with Crippen molar-refractivity contribution in [2.45, 2.75) is 5.60 Å². The molecule has 0 aliphatic heterocycles. The fourth-order valence-corrected chi connectivity index (χ4v) is 3.05. The van der Waals surface area contributed by atoms with E-state index < -0.39 is 11.4 Å². The summed E-state index contributed by atoms with van der Waals surface area (Å²) in [5.74, 6) is 5.38. The van der Waals surface area contributed by atoms with E-state index in [0.29, 0.717) is 24.2 Å². The predicted molar refractivity (Wildman–Crippen MR) is 107 cm³/mol. The van der Waals surface area contributed by atoms with Gasteiger partial charge in [-0.15, -0.1) is 6.58 Å². The standard InChI is InChI=1S/C23H21NO3/c1-3-16-24(19-13-8-5-9-14-19)17-10-15-23(26)21(25)20(22(23)27-2)18-11-6-4-7-12-18/h3-9,11-14,26H,1,16-17H2,2H3. The van der Waals surface area contributed by atoms with E-state index in [1.807, 2.05) is 53.4 Å². The van der Waals surface area contributed by atoms with Gasteiger partial charge < -0.3 is 14.7 Å². The number of anilines is 1. The van der Waals surface area contributed by atoms with Crippen LogP contribution in [0.1, 0.15) is 5.56 Å².